The maximum absolute atomic E-state index is 12.8. The highest BCUT2D eigenvalue weighted by atomic mass is 19.4. The Balaban J connectivity index is 2.19. The fraction of sp³-hybridized carbons (Fsp3) is 0.136. The Bertz CT molecular complexity index is 1110. The quantitative estimate of drug-likeness (QED) is 0.641. The number of aryl methyl sites for hydroxylation is 1. The van der Waals surface area contributed by atoms with Crippen molar-refractivity contribution in [2.75, 3.05) is 0 Å². The maximum atomic E-state index is 12.8. The third-order valence-corrected chi connectivity index (χ3v) is 4.31. The fourth-order valence-corrected chi connectivity index (χ4v) is 2.96. The van der Waals surface area contributed by atoms with Crippen LogP contribution < -0.4 is 0 Å². The number of nitrogens with zero attached hydrogens (tertiary/aromatic N) is 2. The number of aromatic nitrogens is 1. The van der Waals surface area contributed by atoms with Crippen molar-refractivity contribution in [2.24, 2.45) is 0 Å². The second-order valence-corrected chi connectivity index (χ2v) is 6.61. The molecule has 3 rings (SSSR count). The highest BCUT2D eigenvalue weighted by Crippen LogP contribution is 2.32. The molecular formula is C22H15F3N2O2. The van der Waals surface area contributed by atoms with Crippen LogP contribution in [0.2, 0.25) is 0 Å². The number of aromatic carboxylic acids is 1. The normalized spacial score (nSPS) is 11.1. The van der Waals surface area contributed by atoms with Gasteiger partial charge < -0.3 is 5.11 Å². The minimum absolute atomic E-state index is 0.0118. The molecule has 0 saturated heterocycles. The average Bonchev–Trinajstić information content (AvgIpc) is 2.67. The summed E-state index contributed by atoms with van der Waals surface area (Å²) < 4.78 is 38.4. The summed E-state index contributed by atoms with van der Waals surface area (Å²) in [4.78, 5) is 15.9. The Morgan fingerprint density at radius 3 is 2.41 bits per heavy atom. The molecule has 3 aromatic rings. The zero-order chi connectivity index (χ0) is 21.2. The topological polar surface area (TPSA) is 74.0 Å². The van der Waals surface area contributed by atoms with E-state index in [0.717, 1.165) is 5.56 Å². The summed E-state index contributed by atoms with van der Waals surface area (Å²) in [6.07, 6.45) is -3.91. The van der Waals surface area contributed by atoms with E-state index in [4.69, 9.17) is 0 Å². The van der Waals surface area contributed by atoms with Crippen LogP contribution in [0.25, 0.3) is 22.4 Å². The van der Waals surface area contributed by atoms with Gasteiger partial charge in [0, 0.05) is 11.8 Å². The molecule has 0 aliphatic rings. The number of carbonyl (C=O) groups is 1. The van der Waals surface area contributed by atoms with Gasteiger partial charge in [-0.3, -0.25) is 4.98 Å². The van der Waals surface area contributed by atoms with Crippen molar-refractivity contribution in [1.29, 1.82) is 5.26 Å². The summed E-state index contributed by atoms with van der Waals surface area (Å²) in [6, 6.07) is 13.7. The second kappa shape index (κ2) is 7.76. The fourth-order valence-electron chi connectivity index (χ4n) is 2.96. The minimum atomic E-state index is -4.40. The predicted octanol–water partition coefficient (Wildman–Crippen LogP) is 5.40. The van der Waals surface area contributed by atoms with Crippen LogP contribution in [0.15, 0.2) is 54.7 Å². The first kappa shape index (κ1) is 20.1. The van der Waals surface area contributed by atoms with Crippen molar-refractivity contribution >= 4 is 5.97 Å². The first-order chi connectivity index (χ1) is 13.7. The van der Waals surface area contributed by atoms with E-state index in [1.54, 1.807) is 18.3 Å². The van der Waals surface area contributed by atoms with Gasteiger partial charge in [0.05, 0.1) is 29.3 Å². The lowest BCUT2D eigenvalue weighted by Gasteiger charge is -2.12. The van der Waals surface area contributed by atoms with Gasteiger partial charge in [-0.05, 0) is 65.6 Å². The minimum Gasteiger partial charge on any atom is -0.478 e. The molecule has 1 heterocycles. The van der Waals surface area contributed by atoms with Crippen molar-refractivity contribution in [3.05, 3.63) is 77.0 Å². The smallest absolute Gasteiger partial charge is 0.393 e. The van der Waals surface area contributed by atoms with E-state index in [1.807, 2.05) is 19.1 Å². The molecule has 146 valence electrons. The van der Waals surface area contributed by atoms with Crippen LogP contribution in [0.3, 0.4) is 0 Å². The van der Waals surface area contributed by atoms with Gasteiger partial charge in [0.15, 0.2) is 0 Å². The number of alkyl halides is 3. The highest BCUT2D eigenvalue weighted by Gasteiger charge is 2.28. The Kier molecular flexibility index (Phi) is 5.37. The van der Waals surface area contributed by atoms with Crippen molar-refractivity contribution in [2.45, 2.75) is 19.5 Å². The molecule has 1 aromatic heterocycles. The lowest BCUT2D eigenvalue weighted by Crippen LogP contribution is -2.11. The van der Waals surface area contributed by atoms with Gasteiger partial charge in [0.1, 0.15) is 0 Å². The second-order valence-electron chi connectivity index (χ2n) is 6.61. The third-order valence-electron chi connectivity index (χ3n) is 4.31. The zero-order valence-electron chi connectivity index (χ0n) is 15.3. The lowest BCUT2D eigenvalue weighted by atomic mass is 9.93. The molecule has 29 heavy (non-hydrogen) atoms. The summed E-state index contributed by atoms with van der Waals surface area (Å²) >= 11 is 0. The molecular weight excluding hydrogens is 381 g/mol. The van der Waals surface area contributed by atoms with E-state index in [2.05, 4.69) is 4.98 Å². The first-order valence-electron chi connectivity index (χ1n) is 8.58. The molecule has 0 radical (unpaired) electrons. The Morgan fingerprint density at radius 2 is 1.83 bits per heavy atom. The lowest BCUT2D eigenvalue weighted by molar-refractivity contribution is -0.127. The molecule has 0 atom stereocenters. The van der Waals surface area contributed by atoms with Crippen LogP contribution in [-0.2, 0) is 6.42 Å². The average molecular weight is 396 g/mol. The van der Waals surface area contributed by atoms with E-state index in [1.165, 1.54) is 30.3 Å². The zero-order valence-corrected chi connectivity index (χ0v) is 15.3. The molecule has 1 N–H and O–H groups in total. The van der Waals surface area contributed by atoms with Crippen molar-refractivity contribution in [1.82, 2.24) is 4.98 Å². The first-order valence-corrected chi connectivity index (χ1v) is 8.58. The van der Waals surface area contributed by atoms with E-state index in [-0.39, 0.29) is 22.3 Å². The monoisotopic (exact) mass is 396 g/mol. The number of hydrogen-bond acceptors (Lipinski definition) is 3. The van der Waals surface area contributed by atoms with Gasteiger partial charge in [-0.25, -0.2) is 4.79 Å². The van der Waals surface area contributed by atoms with E-state index >= 15 is 0 Å². The number of pyridine rings is 1. The van der Waals surface area contributed by atoms with Gasteiger partial charge >= 0.3 is 12.1 Å². The van der Waals surface area contributed by atoms with E-state index in [0.29, 0.717) is 16.8 Å². The molecule has 0 amide bonds. The number of rotatable bonds is 4. The molecule has 0 aliphatic heterocycles. The molecule has 0 bridgehead atoms. The molecule has 2 aromatic carbocycles. The van der Waals surface area contributed by atoms with Crippen molar-refractivity contribution < 1.29 is 23.1 Å². The summed E-state index contributed by atoms with van der Waals surface area (Å²) in [6.45, 7) is 1.86. The van der Waals surface area contributed by atoms with Gasteiger partial charge in [-0.15, -0.1) is 0 Å². The SMILES string of the molecule is Cc1ccc(-c2cc(C(=O)O)cc(-c3cc(CC(F)(F)F)ccc3C#N)c2)nc1. The number of nitriles is 1. The highest BCUT2D eigenvalue weighted by molar-refractivity contribution is 5.92. The standard InChI is InChI=1S/C22H15F3N2O2/c1-13-2-5-20(27-12-13)17-7-16(8-18(9-17)21(28)29)19-6-14(10-22(23,24)25)3-4-15(19)11-26/h2-9,12H,10H2,1H3,(H,28,29). The largest absolute Gasteiger partial charge is 0.478 e. The van der Waals surface area contributed by atoms with Crippen LogP contribution in [0.4, 0.5) is 13.2 Å². The van der Waals surface area contributed by atoms with E-state index in [9.17, 15) is 28.3 Å². The summed E-state index contributed by atoms with van der Waals surface area (Å²) in [7, 11) is 0. The van der Waals surface area contributed by atoms with Crippen LogP contribution >= 0.6 is 0 Å². The van der Waals surface area contributed by atoms with Gasteiger partial charge in [0.2, 0.25) is 0 Å². The van der Waals surface area contributed by atoms with Crippen LogP contribution in [0, 0.1) is 18.3 Å². The van der Waals surface area contributed by atoms with Gasteiger partial charge in [-0.1, -0.05) is 12.1 Å². The Hall–Kier alpha value is -3.66. The molecule has 4 nitrogen and oxygen atoms in total. The summed E-state index contributed by atoms with van der Waals surface area (Å²) in [5, 5.41) is 18.9. The molecule has 0 unspecified atom stereocenters. The number of benzene rings is 2. The molecule has 0 spiro atoms. The Morgan fingerprint density at radius 1 is 1.10 bits per heavy atom. The van der Waals surface area contributed by atoms with Crippen LogP contribution in [-0.4, -0.2) is 22.2 Å². The molecule has 7 heteroatoms. The number of carboxylic acid groups (broad SMARTS) is 1. The summed E-state index contributed by atoms with van der Waals surface area (Å²) in [5.41, 5.74) is 2.60. The van der Waals surface area contributed by atoms with Gasteiger partial charge in [-0.2, -0.15) is 18.4 Å². The summed E-state index contributed by atoms with van der Waals surface area (Å²) in [5.74, 6) is -1.19. The van der Waals surface area contributed by atoms with Crippen molar-refractivity contribution in [3.63, 3.8) is 0 Å². The molecule has 0 aliphatic carbocycles. The van der Waals surface area contributed by atoms with Crippen molar-refractivity contribution in [3.8, 4) is 28.5 Å². The van der Waals surface area contributed by atoms with Crippen LogP contribution in [0.5, 0.6) is 0 Å². The Labute approximate surface area is 164 Å². The number of halogens is 3. The third kappa shape index (κ3) is 4.79. The van der Waals surface area contributed by atoms with Crippen LogP contribution in [0.1, 0.15) is 27.0 Å². The number of hydrogen-bond donors (Lipinski definition) is 1. The number of carboxylic acids is 1. The van der Waals surface area contributed by atoms with Gasteiger partial charge in [0.25, 0.3) is 0 Å². The maximum Gasteiger partial charge on any atom is 0.393 e. The van der Waals surface area contributed by atoms with E-state index < -0.39 is 18.6 Å². The molecule has 0 fully saturated rings. The molecule has 0 saturated carbocycles. The predicted molar refractivity (Wildman–Crippen MR) is 101 cm³/mol.